The fourth-order valence-corrected chi connectivity index (χ4v) is 2.46. The number of halogens is 2. The standard InChI is InChI=1S/C14H14BrClN2O/c1-8-5-4-6-9(2)11(8)14-17-10(7-19-3)12(15)13(16)18-14/h4-6H,7H2,1-3H3. The van der Waals surface area contributed by atoms with Crippen LogP contribution in [-0.4, -0.2) is 17.1 Å². The van der Waals surface area contributed by atoms with Crippen LogP contribution in [0, 0.1) is 13.8 Å². The molecule has 0 amide bonds. The highest BCUT2D eigenvalue weighted by atomic mass is 79.9. The van der Waals surface area contributed by atoms with Crippen LogP contribution in [0.3, 0.4) is 0 Å². The van der Waals surface area contributed by atoms with Gasteiger partial charge < -0.3 is 4.74 Å². The molecule has 2 aromatic rings. The van der Waals surface area contributed by atoms with E-state index in [1.54, 1.807) is 7.11 Å². The normalized spacial score (nSPS) is 10.8. The number of aromatic nitrogens is 2. The molecule has 0 spiro atoms. The third kappa shape index (κ3) is 2.96. The second-order valence-electron chi connectivity index (χ2n) is 4.30. The van der Waals surface area contributed by atoms with Gasteiger partial charge in [-0.15, -0.1) is 0 Å². The minimum Gasteiger partial charge on any atom is -0.378 e. The summed E-state index contributed by atoms with van der Waals surface area (Å²) in [7, 11) is 1.63. The fourth-order valence-electron chi connectivity index (χ4n) is 1.97. The molecule has 3 nitrogen and oxygen atoms in total. The maximum Gasteiger partial charge on any atom is 0.161 e. The summed E-state index contributed by atoms with van der Waals surface area (Å²) < 4.78 is 5.82. The molecule has 0 saturated heterocycles. The molecule has 1 aromatic carbocycles. The molecule has 0 unspecified atom stereocenters. The summed E-state index contributed by atoms with van der Waals surface area (Å²) in [6.45, 7) is 4.47. The summed E-state index contributed by atoms with van der Waals surface area (Å²) in [6.07, 6.45) is 0. The Bertz CT molecular complexity index is 596. The van der Waals surface area contributed by atoms with Gasteiger partial charge in [-0.2, -0.15) is 0 Å². The van der Waals surface area contributed by atoms with Crippen molar-refractivity contribution in [2.45, 2.75) is 20.5 Å². The van der Waals surface area contributed by atoms with Crippen LogP contribution in [0.5, 0.6) is 0 Å². The van der Waals surface area contributed by atoms with Gasteiger partial charge in [0, 0.05) is 12.7 Å². The van der Waals surface area contributed by atoms with E-state index in [0.717, 1.165) is 22.4 Å². The maximum atomic E-state index is 6.16. The Hall–Kier alpha value is -0.970. The topological polar surface area (TPSA) is 35.0 Å². The first-order valence-electron chi connectivity index (χ1n) is 5.82. The van der Waals surface area contributed by atoms with Crippen LogP contribution in [0.4, 0.5) is 0 Å². The molecule has 0 atom stereocenters. The van der Waals surface area contributed by atoms with Gasteiger partial charge in [-0.3, -0.25) is 0 Å². The average Bonchev–Trinajstić information content (AvgIpc) is 2.35. The summed E-state index contributed by atoms with van der Waals surface area (Å²) in [6, 6.07) is 6.10. The summed E-state index contributed by atoms with van der Waals surface area (Å²) in [5, 5.41) is 0.403. The molecular weight excluding hydrogens is 328 g/mol. The molecule has 0 aliphatic rings. The first kappa shape index (κ1) is 14.4. The molecule has 2 rings (SSSR count). The van der Waals surface area contributed by atoms with Crippen LogP contribution in [0.2, 0.25) is 5.15 Å². The molecule has 0 fully saturated rings. The monoisotopic (exact) mass is 340 g/mol. The predicted octanol–water partition coefficient (Wildman–Crippen LogP) is 4.32. The van der Waals surface area contributed by atoms with E-state index in [4.69, 9.17) is 16.3 Å². The minimum atomic E-state index is 0.390. The highest BCUT2D eigenvalue weighted by molar-refractivity contribution is 9.10. The molecule has 0 bridgehead atoms. The molecule has 0 N–H and O–H groups in total. The number of methoxy groups -OCH3 is 1. The third-order valence-electron chi connectivity index (χ3n) is 2.87. The lowest BCUT2D eigenvalue weighted by atomic mass is 10.0. The second-order valence-corrected chi connectivity index (χ2v) is 5.45. The highest BCUT2D eigenvalue weighted by Gasteiger charge is 2.14. The zero-order valence-corrected chi connectivity index (χ0v) is 13.3. The van der Waals surface area contributed by atoms with Gasteiger partial charge in [0.05, 0.1) is 16.8 Å². The highest BCUT2D eigenvalue weighted by Crippen LogP contribution is 2.30. The van der Waals surface area contributed by atoms with Crippen molar-refractivity contribution < 1.29 is 4.74 Å². The van der Waals surface area contributed by atoms with Crippen molar-refractivity contribution in [2.24, 2.45) is 0 Å². The van der Waals surface area contributed by atoms with Gasteiger partial charge in [-0.25, -0.2) is 9.97 Å². The summed E-state index contributed by atoms with van der Waals surface area (Å²) >= 11 is 9.54. The van der Waals surface area contributed by atoms with Crippen LogP contribution >= 0.6 is 27.5 Å². The van der Waals surface area contributed by atoms with E-state index < -0.39 is 0 Å². The Balaban J connectivity index is 2.63. The Kier molecular flexibility index (Phi) is 4.55. The van der Waals surface area contributed by atoms with Crippen molar-refractivity contribution in [3.63, 3.8) is 0 Å². The van der Waals surface area contributed by atoms with Crippen LogP contribution in [0.1, 0.15) is 16.8 Å². The Morgan fingerprint density at radius 3 is 2.42 bits per heavy atom. The van der Waals surface area contributed by atoms with Gasteiger partial charge in [0.25, 0.3) is 0 Å². The summed E-state index contributed by atoms with van der Waals surface area (Å²) in [5.41, 5.74) is 4.03. The van der Waals surface area contributed by atoms with E-state index in [1.165, 1.54) is 0 Å². The van der Waals surface area contributed by atoms with Crippen molar-refractivity contribution in [1.29, 1.82) is 0 Å². The number of hydrogen-bond donors (Lipinski definition) is 0. The van der Waals surface area contributed by atoms with Gasteiger partial charge in [0.2, 0.25) is 0 Å². The first-order chi connectivity index (χ1) is 9.04. The lowest BCUT2D eigenvalue weighted by Crippen LogP contribution is -2.02. The zero-order valence-electron chi connectivity index (χ0n) is 11.0. The van der Waals surface area contributed by atoms with Crippen LogP contribution in [0.15, 0.2) is 22.7 Å². The fraction of sp³-hybridized carbons (Fsp3) is 0.286. The number of hydrogen-bond acceptors (Lipinski definition) is 3. The van der Waals surface area contributed by atoms with E-state index in [9.17, 15) is 0 Å². The number of ether oxygens (including phenoxy) is 1. The van der Waals surface area contributed by atoms with Gasteiger partial charge in [-0.1, -0.05) is 29.8 Å². The Morgan fingerprint density at radius 1 is 1.21 bits per heavy atom. The quantitative estimate of drug-likeness (QED) is 0.780. The first-order valence-corrected chi connectivity index (χ1v) is 6.99. The number of nitrogens with zero attached hydrogens (tertiary/aromatic N) is 2. The lowest BCUT2D eigenvalue weighted by molar-refractivity contribution is 0.181. The molecule has 0 radical (unpaired) electrons. The number of aryl methyl sites for hydroxylation is 2. The third-order valence-corrected chi connectivity index (χ3v) is 4.20. The van der Waals surface area contributed by atoms with Crippen LogP contribution in [0.25, 0.3) is 11.4 Å². The van der Waals surface area contributed by atoms with Crippen molar-refractivity contribution in [3.8, 4) is 11.4 Å². The van der Waals surface area contributed by atoms with E-state index in [-0.39, 0.29) is 0 Å². The SMILES string of the molecule is COCc1nc(-c2c(C)cccc2C)nc(Cl)c1Br. The largest absolute Gasteiger partial charge is 0.378 e. The van der Waals surface area contributed by atoms with Crippen molar-refractivity contribution in [2.75, 3.05) is 7.11 Å². The summed E-state index contributed by atoms with van der Waals surface area (Å²) in [5.74, 6) is 0.635. The molecule has 0 aliphatic carbocycles. The van der Waals surface area contributed by atoms with Crippen molar-refractivity contribution >= 4 is 27.5 Å². The second kappa shape index (κ2) is 5.99. The Labute approximate surface area is 126 Å². The van der Waals surface area contributed by atoms with Crippen LogP contribution < -0.4 is 0 Å². The van der Waals surface area contributed by atoms with Crippen molar-refractivity contribution in [1.82, 2.24) is 9.97 Å². The predicted molar refractivity (Wildman–Crippen MR) is 80.4 cm³/mol. The maximum absolute atomic E-state index is 6.16. The molecule has 1 heterocycles. The molecule has 1 aromatic heterocycles. The Morgan fingerprint density at radius 2 is 1.84 bits per heavy atom. The van der Waals surface area contributed by atoms with Gasteiger partial charge in [-0.05, 0) is 40.9 Å². The number of benzene rings is 1. The van der Waals surface area contributed by atoms with Gasteiger partial charge >= 0.3 is 0 Å². The van der Waals surface area contributed by atoms with Gasteiger partial charge in [0.1, 0.15) is 5.15 Å². The molecule has 0 aliphatic heterocycles. The average molecular weight is 342 g/mol. The molecule has 5 heteroatoms. The van der Waals surface area contributed by atoms with Crippen molar-refractivity contribution in [3.05, 3.63) is 44.6 Å². The van der Waals surface area contributed by atoms with Crippen LogP contribution in [-0.2, 0) is 11.3 Å². The molecule has 100 valence electrons. The smallest absolute Gasteiger partial charge is 0.161 e. The van der Waals surface area contributed by atoms with E-state index in [2.05, 4.69) is 25.9 Å². The van der Waals surface area contributed by atoms with E-state index in [0.29, 0.717) is 22.1 Å². The zero-order chi connectivity index (χ0) is 14.0. The van der Waals surface area contributed by atoms with E-state index >= 15 is 0 Å². The molecular formula is C14H14BrClN2O. The minimum absolute atomic E-state index is 0.390. The van der Waals surface area contributed by atoms with Gasteiger partial charge in [0.15, 0.2) is 5.82 Å². The number of rotatable bonds is 3. The lowest BCUT2D eigenvalue weighted by Gasteiger charge is -2.11. The van der Waals surface area contributed by atoms with E-state index in [1.807, 2.05) is 32.0 Å². The molecule has 19 heavy (non-hydrogen) atoms. The summed E-state index contributed by atoms with van der Waals surface area (Å²) in [4.78, 5) is 8.91. The molecule has 0 saturated carbocycles.